The van der Waals surface area contributed by atoms with Gasteiger partial charge in [0.1, 0.15) is 11.3 Å². The fourth-order valence-electron chi connectivity index (χ4n) is 2.36. The Bertz CT molecular complexity index is 974. The molecule has 1 N–H and O–H groups in total. The Kier molecular flexibility index (Phi) is 4.16. The molecule has 0 atom stereocenters. The van der Waals surface area contributed by atoms with Gasteiger partial charge in [-0.05, 0) is 35.4 Å². The minimum Gasteiger partial charge on any atom is -0.507 e. The molecule has 0 fully saturated rings. The molecule has 116 valence electrons. The maximum absolute atomic E-state index is 12.1. The summed E-state index contributed by atoms with van der Waals surface area (Å²) in [4.78, 5) is 12.1. The van der Waals surface area contributed by atoms with Gasteiger partial charge in [0.25, 0.3) is 0 Å². The molecule has 3 nitrogen and oxygen atoms in total. The second-order valence-corrected chi connectivity index (χ2v) is 5.94. The standard InChI is InChI=1S/C18H12Cl2O3/c1-10(11-6-7-14(19)15(20)9-11)8-13-17(21)12-4-2-3-5-16(12)23-18(13)22/h2-7,9,21H,1,8H2. The van der Waals surface area contributed by atoms with Crippen LogP contribution in [-0.4, -0.2) is 5.11 Å². The van der Waals surface area contributed by atoms with Gasteiger partial charge in [-0.3, -0.25) is 0 Å². The highest BCUT2D eigenvalue weighted by Gasteiger charge is 2.15. The van der Waals surface area contributed by atoms with Crippen LogP contribution < -0.4 is 5.63 Å². The largest absolute Gasteiger partial charge is 0.507 e. The van der Waals surface area contributed by atoms with Gasteiger partial charge in [-0.2, -0.15) is 0 Å². The minimum atomic E-state index is -0.581. The Morgan fingerprint density at radius 2 is 1.87 bits per heavy atom. The van der Waals surface area contributed by atoms with Crippen molar-refractivity contribution in [1.29, 1.82) is 0 Å². The summed E-state index contributed by atoms with van der Waals surface area (Å²) < 4.78 is 5.25. The lowest BCUT2D eigenvalue weighted by Crippen LogP contribution is -2.08. The number of benzene rings is 2. The van der Waals surface area contributed by atoms with Crippen molar-refractivity contribution in [2.75, 3.05) is 0 Å². The van der Waals surface area contributed by atoms with Gasteiger partial charge in [0.05, 0.1) is 21.0 Å². The summed E-state index contributed by atoms with van der Waals surface area (Å²) in [6.45, 7) is 3.96. The smallest absolute Gasteiger partial charge is 0.343 e. The van der Waals surface area contributed by atoms with Crippen LogP contribution in [0.1, 0.15) is 11.1 Å². The molecule has 23 heavy (non-hydrogen) atoms. The minimum absolute atomic E-state index is 0.0851. The van der Waals surface area contributed by atoms with Gasteiger partial charge in [-0.15, -0.1) is 0 Å². The number of allylic oxidation sites excluding steroid dienone is 1. The second-order valence-electron chi connectivity index (χ2n) is 5.12. The molecule has 3 rings (SSSR count). The van der Waals surface area contributed by atoms with Gasteiger partial charge >= 0.3 is 5.63 Å². The van der Waals surface area contributed by atoms with Crippen LogP contribution in [-0.2, 0) is 6.42 Å². The normalized spacial score (nSPS) is 10.9. The fourth-order valence-corrected chi connectivity index (χ4v) is 2.66. The molecule has 0 aliphatic rings. The first-order valence-electron chi connectivity index (χ1n) is 6.84. The highest BCUT2D eigenvalue weighted by molar-refractivity contribution is 6.42. The first kappa shape index (κ1) is 15.7. The van der Waals surface area contributed by atoms with Crippen molar-refractivity contribution in [3.63, 3.8) is 0 Å². The summed E-state index contributed by atoms with van der Waals surface area (Å²) in [5.74, 6) is -0.0851. The highest BCUT2D eigenvalue weighted by Crippen LogP contribution is 2.31. The zero-order chi connectivity index (χ0) is 16.6. The maximum Gasteiger partial charge on any atom is 0.343 e. The molecule has 0 amide bonds. The lowest BCUT2D eigenvalue weighted by Gasteiger charge is -2.09. The van der Waals surface area contributed by atoms with E-state index in [1.54, 1.807) is 42.5 Å². The van der Waals surface area contributed by atoms with Crippen LogP contribution in [0.3, 0.4) is 0 Å². The number of hydrogen-bond acceptors (Lipinski definition) is 3. The predicted octanol–water partition coefficient (Wildman–Crippen LogP) is 5.06. The van der Waals surface area contributed by atoms with E-state index in [1.807, 2.05) is 0 Å². The molecule has 0 spiro atoms. The summed E-state index contributed by atoms with van der Waals surface area (Å²) in [7, 11) is 0. The number of rotatable bonds is 3. The Balaban J connectivity index is 2.02. The first-order valence-corrected chi connectivity index (χ1v) is 7.60. The molecule has 0 unspecified atom stereocenters. The second kappa shape index (κ2) is 6.11. The zero-order valence-corrected chi connectivity index (χ0v) is 13.5. The summed E-state index contributed by atoms with van der Waals surface area (Å²) in [6, 6.07) is 11.9. The molecule has 1 aromatic heterocycles. The van der Waals surface area contributed by atoms with Crippen LogP contribution in [0.2, 0.25) is 10.0 Å². The van der Waals surface area contributed by atoms with Gasteiger partial charge in [0.15, 0.2) is 0 Å². The lowest BCUT2D eigenvalue weighted by molar-refractivity contribution is 0.459. The number of para-hydroxylation sites is 1. The average Bonchev–Trinajstić information content (AvgIpc) is 2.54. The number of fused-ring (bicyclic) bond motifs is 1. The Morgan fingerprint density at radius 1 is 1.13 bits per heavy atom. The van der Waals surface area contributed by atoms with Gasteiger partial charge < -0.3 is 9.52 Å². The van der Waals surface area contributed by atoms with Gasteiger partial charge in [-0.25, -0.2) is 4.79 Å². The third-order valence-electron chi connectivity index (χ3n) is 3.60. The van der Waals surface area contributed by atoms with Crippen molar-refractivity contribution in [1.82, 2.24) is 0 Å². The van der Waals surface area contributed by atoms with Crippen molar-refractivity contribution in [3.8, 4) is 5.75 Å². The van der Waals surface area contributed by atoms with Crippen molar-refractivity contribution >= 4 is 39.7 Å². The highest BCUT2D eigenvalue weighted by atomic mass is 35.5. The summed E-state index contributed by atoms with van der Waals surface area (Å²) in [6.07, 6.45) is 0.150. The molecule has 0 saturated heterocycles. The third kappa shape index (κ3) is 2.98. The van der Waals surface area contributed by atoms with E-state index in [9.17, 15) is 9.90 Å². The summed E-state index contributed by atoms with van der Waals surface area (Å²) in [5.41, 5.74) is 1.30. The van der Waals surface area contributed by atoms with Crippen molar-refractivity contribution in [3.05, 3.63) is 80.6 Å². The van der Waals surface area contributed by atoms with Gasteiger partial charge in [0, 0.05) is 6.42 Å². The fraction of sp³-hybridized carbons (Fsp3) is 0.0556. The third-order valence-corrected chi connectivity index (χ3v) is 4.33. The molecule has 0 bridgehead atoms. The van der Waals surface area contributed by atoms with E-state index in [0.29, 0.717) is 26.6 Å². The van der Waals surface area contributed by atoms with E-state index in [-0.39, 0.29) is 17.7 Å². The molecular formula is C18H12Cl2O3. The zero-order valence-electron chi connectivity index (χ0n) is 12.0. The van der Waals surface area contributed by atoms with E-state index >= 15 is 0 Å². The van der Waals surface area contributed by atoms with Crippen molar-refractivity contribution in [2.45, 2.75) is 6.42 Å². The van der Waals surface area contributed by atoms with E-state index in [0.717, 1.165) is 5.56 Å². The number of hydrogen-bond donors (Lipinski definition) is 1. The van der Waals surface area contributed by atoms with E-state index in [4.69, 9.17) is 27.6 Å². The van der Waals surface area contributed by atoms with Crippen LogP contribution >= 0.6 is 23.2 Å². The van der Waals surface area contributed by atoms with Gasteiger partial charge in [-0.1, -0.05) is 48.0 Å². The quantitative estimate of drug-likeness (QED) is 0.674. The van der Waals surface area contributed by atoms with Crippen LogP contribution in [0.25, 0.3) is 16.5 Å². The van der Waals surface area contributed by atoms with Crippen LogP contribution in [0.4, 0.5) is 0 Å². The molecule has 2 aromatic carbocycles. The lowest BCUT2D eigenvalue weighted by atomic mass is 9.99. The summed E-state index contributed by atoms with van der Waals surface area (Å²) >= 11 is 11.9. The first-order chi connectivity index (χ1) is 11.0. The molecule has 5 heteroatoms. The van der Waals surface area contributed by atoms with E-state index in [1.165, 1.54) is 0 Å². The van der Waals surface area contributed by atoms with Gasteiger partial charge in [0.2, 0.25) is 0 Å². The van der Waals surface area contributed by atoms with Crippen LogP contribution in [0, 0.1) is 0 Å². The predicted molar refractivity (Wildman–Crippen MR) is 93.3 cm³/mol. The molecule has 0 saturated carbocycles. The summed E-state index contributed by atoms with van der Waals surface area (Å²) in [5, 5.41) is 11.7. The average molecular weight is 347 g/mol. The molecule has 0 aliphatic heterocycles. The van der Waals surface area contributed by atoms with Crippen molar-refractivity contribution in [2.24, 2.45) is 0 Å². The van der Waals surface area contributed by atoms with E-state index in [2.05, 4.69) is 6.58 Å². The molecule has 3 aromatic rings. The van der Waals surface area contributed by atoms with Crippen LogP contribution in [0.5, 0.6) is 5.75 Å². The van der Waals surface area contributed by atoms with Crippen LogP contribution in [0.15, 0.2) is 58.3 Å². The molecule has 0 aliphatic carbocycles. The van der Waals surface area contributed by atoms with Crippen molar-refractivity contribution < 1.29 is 9.52 Å². The number of halogens is 2. The maximum atomic E-state index is 12.1. The molecule has 1 heterocycles. The Hall–Kier alpha value is -2.23. The Morgan fingerprint density at radius 3 is 2.61 bits per heavy atom. The van der Waals surface area contributed by atoms with E-state index < -0.39 is 5.63 Å². The topological polar surface area (TPSA) is 50.4 Å². The SMILES string of the molecule is C=C(Cc1c(O)c2ccccc2oc1=O)c1ccc(Cl)c(Cl)c1. The molecular weight excluding hydrogens is 335 g/mol. The number of aromatic hydroxyl groups is 1. The Labute approximate surface area is 142 Å². The monoisotopic (exact) mass is 346 g/mol. The molecule has 0 radical (unpaired) electrons.